The van der Waals surface area contributed by atoms with Crippen LogP contribution in [-0.4, -0.2) is 51.0 Å². The van der Waals surface area contributed by atoms with Crippen molar-refractivity contribution in [3.8, 4) is 0 Å². The molecule has 0 amide bonds. The first-order valence-corrected chi connectivity index (χ1v) is 19.3. The average molecular weight is 526 g/mol. The van der Waals surface area contributed by atoms with Crippen molar-refractivity contribution in [3.63, 3.8) is 0 Å². The maximum absolute atomic E-state index is 5.85. The van der Waals surface area contributed by atoms with E-state index in [-0.39, 0.29) is 13.0 Å². The van der Waals surface area contributed by atoms with Crippen LogP contribution in [0.1, 0.15) is 65.7 Å². The molecule has 7 heteroatoms. The van der Waals surface area contributed by atoms with Crippen LogP contribution in [0.2, 0.25) is 18.6 Å². The van der Waals surface area contributed by atoms with Crippen molar-refractivity contribution >= 4 is 26.8 Å². The van der Waals surface area contributed by atoms with Gasteiger partial charge in [0.15, 0.2) is 0 Å². The molecule has 4 fully saturated rings. The number of fused-ring (bicyclic) bond motifs is 5. The molecule has 4 aliphatic rings. The molecular formula is C24H46Cl2N2OSiTi-2. The van der Waals surface area contributed by atoms with E-state index in [0.717, 1.165) is 41.3 Å². The van der Waals surface area contributed by atoms with Gasteiger partial charge in [-0.1, -0.05) is 61.4 Å². The Balaban J connectivity index is 0.000000808. The second-order valence-electron chi connectivity index (χ2n) is 11.8. The summed E-state index contributed by atoms with van der Waals surface area (Å²) in [6, 6.07) is 1.59. The van der Waals surface area contributed by atoms with Gasteiger partial charge < -0.3 is 17.1 Å². The van der Waals surface area contributed by atoms with Gasteiger partial charge in [-0.05, 0) is 61.9 Å². The van der Waals surface area contributed by atoms with E-state index in [1.165, 1.54) is 44.9 Å². The molecule has 3 saturated carbocycles. The summed E-state index contributed by atoms with van der Waals surface area (Å²) in [5.41, 5.74) is 0.951. The molecule has 0 radical (unpaired) electrons. The number of ether oxygens (including phenoxy) is 1. The van der Waals surface area contributed by atoms with E-state index in [1.807, 2.05) is 7.11 Å². The summed E-state index contributed by atoms with van der Waals surface area (Å²) >= 11 is -0.556. The summed E-state index contributed by atoms with van der Waals surface area (Å²) in [5.74, 6) is 3.68. The van der Waals surface area contributed by atoms with Gasteiger partial charge >= 0.3 is 35.6 Å². The summed E-state index contributed by atoms with van der Waals surface area (Å²) in [6.45, 7) is 12.1. The third-order valence-corrected chi connectivity index (χ3v) is 12.3. The number of likely N-dealkylation sites (tertiary alicyclic amines) is 1. The fourth-order valence-corrected chi connectivity index (χ4v) is 13.0. The van der Waals surface area contributed by atoms with Crippen LogP contribution >= 0.6 is 18.6 Å². The van der Waals surface area contributed by atoms with Gasteiger partial charge in [0, 0.05) is 19.2 Å². The van der Waals surface area contributed by atoms with E-state index in [9.17, 15) is 0 Å². The molecule has 1 heterocycles. The van der Waals surface area contributed by atoms with Crippen molar-refractivity contribution < 1.29 is 21.8 Å². The van der Waals surface area contributed by atoms with Gasteiger partial charge in [-0.2, -0.15) is 0 Å². The van der Waals surface area contributed by atoms with Crippen LogP contribution in [0, 0.1) is 31.1 Å². The normalized spacial score (nSPS) is 40.0. The standard InChI is InChI=1S/C23H43N2OSi.CH3.2ClH.Ti/c1-23(2,3)24-27(6,7)22-17-11-9-8-10-16(17)20-18-14-15(26-5)12-13-19(18)25(4)21(20)22;;;;/h15-22H,8-14H2,1-7H3;1H3;2*1H;/q2*-1;;;+2/p-2. The number of rotatable bonds is 3. The molecule has 0 aromatic rings. The summed E-state index contributed by atoms with van der Waals surface area (Å²) in [5, 5.41) is 0. The molecule has 1 aliphatic heterocycles. The molecule has 31 heavy (non-hydrogen) atoms. The van der Waals surface area contributed by atoms with Crippen LogP contribution in [0.25, 0.3) is 4.98 Å². The second kappa shape index (κ2) is 11.4. The van der Waals surface area contributed by atoms with E-state index in [4.69, 9.17) is 28.3 Å². The van der Waals surface area contributed by atoms with Crippen LogP contribution in [0.4, 0.5) is 0 Å². The quantitative estimate of drug-likeness (QED) is 0.282. The summed E-state index contributed by atoms with van der Waals surface area (Å²) < 4.78 is 5.85. The minimum atomic E-state index is -1.68. The van der Waals surface area contributed by atoms with Gasteiger partial charge in [-0.3, -0.25) is 4.90 Å². The Morgan fingerprint density at radius 2 is 1.58 bits per heavy atom. The molecule has 0 spiro atoms. The third kappa shape index (κ3) is 5.97. The molecule has 4 rings (SSSR count). The van der Waals surface area contributed by atoms with Crippen LogP contribution < -0.4 is 0 Å². The van der Waals surface area contributed by atoms with E-state index in [1.54, 1.807) is 0 Å². The van der Waals surface area contributed by atoms with Gasteiger partial charge in [0.05, 0.1) is 6.10 Å². The molecule has 0 bridgehead atoms. The van der Waals surface area contributed by atoms with Crippen LogP contribution in [0.3, 0.4) is 0 Å². The number of hydrogen-bond acceptors (Lipinski definition) is 2. The molecule has 1 saturated heterocycles. The molecule has 3 aliphatic carbocycles. The van der Waals surface area contributed by atoms with Crippen molar-refractivity contribution in [2.45, 2.75) is 108 Å². The fourth-order valence-electron chi connectivity index (χ4n) is 8.34. The average Bonchev–Trinajstić information content (AvgIpc) is 3.14. The molecular weight excluding hydrogens is 479 g/mol. The van der Waals surface area contributed by atoms with E-state index in [0.29, 0.717) is 6.10 Å². The first-order valence-electron chi connectivity index (χ1n) is 12.0. The van der Waals surface area contributed by atoms with Gasteiger partial charge in [0.2, 0.25) is 0 Å². The Bertz CT molecular complexity index is 576. The number of halogens is 2. The van der Waals surface area contributed by atoms with E-state index in [2.05, 4.69) is 45.8 Å². The second-order valence-corrected chi connectivity index (χ2v) is 18.6. The Morgan fingerprint density at radius 3 is 2.13 bits per heavy atom. The first-order chi connectivity index (χ1) is 14.1. The van der Waals surface area contributed by atoms with Crippen molar-refractivity contribution in [3.05, 3.63) is 12.4 Å². The summed E-state index contributed by atoms with van der Waals surface area (Å²) in [4.78, 5) is 8.42. The molecule has 3 nitrogen and oxygen atoms in total. The molecule has 8 unspecified atom stereocenters. The van der Waals surface area contributed by atoms with Gasteiger partial charge in [0.1, 0.15) is 0 Å². The van der Waals surface area contributed by atoms with Crippen molar-refractivity contribution in [1.29, 1.82) is 0 Å². The number of hydrogen-bond donors (Lipinski definition) is 0. The van der Waals surface area contributed by atoms with Crippen molar-refractivity contribution in [2.24, 2.45) is 23.7 Å². The Morgan fingerprint density at radius 1 is 1.00 bits per heavy atom. The Labute approximate surface area is 210 Å². The van der Waals surface area contributed by atoms with E-state index >= 15 is 0 Å². The zero-order valence-corrected chi connectivity index (χ0v) is 25.2. The Kier molecular flexibility index (Phi) is 10.5. The molecule has 0 N–H and O–H groups in total. The van der Waals surface area contributed by atoms with Crippen molar-refractivity contribution in [2.75, 3.05) is 14.2 Å². The molecule has 0 aromatic carbocycles. The zero-order chi connectivity index (χ0) is 22.3. The number of nitrogens with zero attached hydrogens (tertiary/aromatic N) is 2. The Hall–Kier alpha value is 1.39. The first kappa shape index (κ1) is 28.6. The maximum atomic E-state index is 5.85. The summed E-state index contributed by atoms with van der Waals surface area (Å²) in [6.07, 6.45) is 10.3. The molecule has 0 aromatic heterocycles. The monoisotopic (exact) mass is 524 g/mol. The molecule has 182 valence electrons. The predicted octanol–water partition coefficient (Wildman–Crippen LogP) is 7.49. The van der Waals surface area contributed by atoms with Crippen molar-refractivity contribution in [1.82, 2.24) is 4.90 Å². The SMILES string of the molecule is COC1CCC2C(C1)C1C3CCCCC3C([Si](C)(C)[N-]C(C)(C)C)C1N2C.[CH3-].[Cl][Ti][Cl]. The van der Waals surface area contributed by atoms with Gasteiger partial charge in [-0.25, -0.2) is 0 Å². The van der Waals surface area contributed by atoms with Crippen LogP contribution in [0.5, 0.6) is 0 Å². The van der Waals surface area contributed by atoms with Crippen LogP contribution in [0.15, 0.2) is 0 Å². The predicted molar refractivity (Wildman–Crippen MR) is 135 cm³/mol. The van der Waals surface area contributed by atoms with Gasteiger partial charge in [-0.15, -0.1) is 5.54 Å². The fraction of sp³-hybridized carbons (Fsp3) is 0.958. The topological polar surface area (TPSA) is 26.6 Å². The van der Waals surface area contributed by atoms with E-state index < -0.39 is 25.3 Å². The van der Waals surface area contributed by atoms with Crippen LogP contribution in [-0.2, 0) is 21.8 Å². The summed E-state index contributed by atoms with van der Waals surface area (Å²) in [7, 11) is 12.5. The molecule has 8 atom stereocenters. The third-order valence-electron chi connectivity index (χ3n) is 8.67. The zero-order valence-electron chi connectivity index (χ0n) is 21.1. The van der Waals surface area contributed by atoms with Gasteiger partial charge in [0.25, 0.3) is 0 Å². The number of methoxy groups -OCH3 is 1. The minimum absolute atomic E-state index is 0.